The minimum absolute atomic E-state index is 0.126. The van der Waals surface area contributed by atoms with E-state index in [1.54, 1.807) is 36.1 Å². The van der Waals surface area contributed by atoms with Crippen molar-refractivity contribution in [3.8, 4) is 11.6 Å². The summed E-state index contributed by atoms with van der Waals surface area (Å²) in [6, 6.07) is 16.7. The first-order valence-electron chi connectivity index (χ1n) is 12.7. The largest absolute Gasteiger partial charge is 0.480 e. The van der Waals surface area contributed by atoms with Crippen molar-refractivity contribution >= 4 is 23.4 Å². The number of amides is 1. The molecule has 7 nitrogen and oxygen atoms in total. The van der Waals surface area contributed by atoms with Crippen LogP contribution in [0.2, 0.25) is 0 Å². The SMILES string of the molecule is COc1c(Sc2ccccc2)c(C(=O)NC23CC4CCCC(C2)C(C4)C3)nn1-c1ccc(N=O)cc1. The van der Waals surface area contributed by atoms with Crippen molar-refractivity contribution in [3.63, 3.8) is 0 Å². The first-order valence-corrected chi connectivity index (χ1v) is 13.6. The zero-order chi connectivity index (χ0) is 24.7. The first kappa shape index (κ1) is 23.3. The van der Waals surface area contributed by atoms with Crippen LogP contribution in [0.4, 0.5) is 5.69 Å². The van der Waals surface area contributed by atoms with Gasteiger partial charge >= 0.3 is 0 Å². The van der Waals surface area contributed by atoms with Crippen LogP contribution in [-0.2, 0) is 0 Å². The topological polar surface area (TPSA) is 85.6 Å². The van der Waals surface area contributed by atoms with Crippen molar-refractivity contribution in [1.29, 1.82) is 0 Å². The van der Waals surface area contributed by atoms with Crippen LogP contribution in [-0.4, -0.2) is 28.3 Å². The number of aromatic nitrogens is 2. The number of carbonyl (C=O) groups is 1. The summed E-state index contributed by atoms with van der Waals surface area (Å²) >= 11 is 1.47. The van der Waals surface area contributed by atoms with E-state index in [-0.39, 0.29) is 11.4 Å². The lowest BCUT2D eigenvalue weighted by molar-refractivity contribution is 0.0843. The highest BCUT2D eigenvalue weighted by Gasteiger charge is 2.52. The Morgan fingerprint density at radius 2 is 1.86 bits per heavy atom. The van der Waals surface area contributed by atoms with Crippen molar-refractivity contribution in [1.82, 2.24) is 15.1 Å². The van der Waals surface area contributed by atoms with E-state index in [2.05, 4.69) is 10.5 Å². The maximum Gasteiger partial charge on any atom is 0.273 e. The Morgan fingerprint density at radius 1 is 1.08 bits per heavy atom. The Bertz CT molecular complexity index is 1270. The highest BCUT2D eigenvalue weighted by molar-refractivity contribution is 7.99. The van der Waals surface area contributed by atoms with E-state index in [9.17, 15) is 9.70 Å². The molecule has 3 bridgehead atoms. The molecule has 6 rings (SSSR count). The molecule has 1 amide bonds. The fourth-order valence-electron chi connectivity index (χ4n) is 6.85. The maximum absolute atomic E-state index is 13.9. The third-order valence-corrected chi connectivity index (χ3v) is 9.31. The van der Waals surface area contributed by atoms with Gasteiger partial charge in [-0.2, -0.15) is 9.78 Å². The van der Waals surface area contributed by atoms with Crippen LogP contribution in [0, 0.1) is 22.7 Å². The van der Waals surface area contributed by atoms with Crippen LogP contribution in [0.1, 0.15) is 55.4 Å². The Labute approximate surface area is 215 Å². The number of benzene rings is 2. The van der Waals surface area contributed by atoms with Crippen LogP contribution >= 0.6 is 11.8 Å². The molecule has 8 heteroatoms. The summed E-state index contributed by atoms with van der Waals surface area (Å²) in [5, 5.41) is 11.2. The zero-order valence-electron chi connectivity index (χ0n) is 20.4. The second-order valence-electron chi connectivity index (χ2n) is 10.5. The van der Waals surface area contributed by atoms with Crippen LogP contribution in [0.5, 0.6) is 5.88 Å². The lowest BCUT2D eigenvalue weighted by Crippen LogP contribution is -2.50. The van der Waals surface area contributed by atoms with Crippen LogP contribution < -0.4 is 10.1 Å². The fourth-order valence-corrected chi connectivity index (χ4v) is 7.87. The average molecular weight is 503 g/mol. The van der Waals surface area contributed by atoms with Crippen molar-refractivity contribution in [3.05, 3.63) is 65.2 Å². The number of fused-ring (bicyclic) bond motifs is 2. The minimum atomic E-state index is -0.141. The predicted molar refractivity (Wildman–Crippen MR) is 139 cm³/mol. The fraction of sp³-hybridized carbons (Fsp3) is 0.429. The number of carbonyl (C=O) groups excluding carboxylic acids is 1. The van der Waals surface area contributed by atoms with Gasteiger partial charge in [0.05, 0.1) is 12.8 Å². The van der Waals surface area contributed by atoms with Gasteiger partial charge in [-0.15, -0.1) is 4.91 Å². The Kier molecular flexibility index (Phi) is 6.07. The van der Waals surface area contributed by atoms with E-state index in [1.807, 2.05) is 30.3 Å². The Balaban J connectivity index is 1.38. The number of nitrogens with one attached hydrogen (secondary N) is 1. The van der Waals surface area contributed by atoms with Gasteiger partial charge in [-0.3, -0.25) is 4.79 Å². The molecule has 186 valence electrons. The molecule has 2 aromatic carbocycles. The molecule has 3 saturated carbocycles. The van der Waals surface area contributed by atoms with Crippen LogP contribution in [0.25, 0.3) is 5.69 Å². The summed E-state index contributed by atoms with van der Waals surface area (Å²) in [4.78, 5) is 26.5. The smallest absolute Gasteiger partial charge is 0.273 e. The summed E-state index contributed by atoms with van der Waals surface area (Å²) in [7, 11) is 1.59. The van der Waals surface area contributed by atoms with Crippen molar-refractivity contribution < 1.29 is 9.53 Å². The zero-order valence-corrected chi connectivity index (χ0v) is 21.2. The third kappa shape index (κ3) is 4.21. The van der Waals surface area contributed by atoms with E-state index in [1.165, 1.54) is 37.4 Å². The van der Waals surface area contributed by atoms with E-state index < -0.39 is 0 Å². The lowest BCUT2D eigenvalue weighted by Gasteiger charge is -2.38. The summed E-state index contributed by atoms with van der Waals surface area (Å²) < 4.78 is 7.45. The molecule has 3 aromatic rings. The summed E-state index contributed by atoms with van der Waals surface area (Å²) in [5.41, 5.74) is 1.27. The predicted octanol–water partition coefficient (Wildman–Crippen LogP) is 6.52. The van der Waals surface area contributed by atoms with Crippen molar-refractivity contribution in [2.75, 3.05) is 7.11 Å². The molecule has 0 spiro atoms. The van der Waals surface area contributed by atoms with Gasteiger partial charge < -0.3 is 10.1 Å². The van der Waals surface area contributed by atoms with Gasteiger partial charge in [0.2, 0.25) is 5.88 Å². The number of nitroso groups, excluding NO2 is 1. The van der Waals surface area contributed by atoms with Crippen molar-refractivity contribution in [2.24, 2.45) is 22.9 Å². The first-order chi connectivity index (χ1) is 17.6. The number of rotatable bonds is 7. The molecular weight excluding hydrogens is 472 g/mol. The molecule has 3 fully saturated rings. The van der Waals surface area contributed by atoms with Crippen molar-refractivity contribution in [2.45, 2.75) is 60.3 Å². The average Bonchev–Trinajstić information content (AvgIpc) is 3.32. The molecule has 4 atom stereocenters. The molecule has 0 radical (unpaired) electrons. The molecule has 3 aliphatic carbocycles. The van der Waals surface area contributed by atoms with Gasteiger partial charge in [0, 0.05) is 10.4 Å². The number of methoxy groups -OCH3 is 1. The minimum Gasteiger partial charge on any atom is -0.480 e. The normalized spacial score (nSPS) is 26.4. The molecule has 0 aliphatic heterocycles. The highest BCUT2D eigenvalue weighted by atomic mass is 32.2. The van der Waals surface area contributed by atoms with Crippen LogP contribution in [0.15, 0.2) is 69.6 Å². The quantitative estimate of drug-likeness (QED) is 0.372. The number of ether oxygens (including phenoxy) is 1. The van der Waals surface area contributed by atoms with E-state index in [0.717, 1.165) is 36.0 Å². The Hall–Kier alpha value is -3.13. The monoisotopic (exact) mass is 502 g/mol. The third-order valence-electron chi connectivity index (χ3n) is 8.23. The lowest BCUT2D eigenvalue weighted by atomic mass is 9.75. The second-order valence-corrected chi connectivity index (χ2v) is 11.6. The highest BCUT2D eigenvalue weighted by Crippen LogP contribution is 2.55. The van der Waals surface area contributed by atoms with E-state index >= 15 is 0 Å². The number of hydrogen-bond donors (Lipinski definition) is 1. The second kappa shape index (κ2) is 9.39. The molecule has 4 unspecified atom stereocenters. The summed E-state index contributed by atoms with van der Waals surface area (Å²) in [6.07, 6.45) is 8.47. The van der Waals surface area contributed by atoms with Gasteiger partial charge in [0.1, 0.15) is 10.6 Å². The summed E-state index contributed by atoms with van der Waals surface area (Å²) in [6.45, 7) is 0. The number of hydrogen-bond acceptors (Lipinski definition) is 6. The van der Waals surface area contributed by atoms with Crippen LogP contribution in [0.3, 0.4) is 0 Å². The molecular formula is C28H30N4O3S. The van der Waals surface area contributed by atoms with Gasteiger partial charge in [-0.05, 0) is 85.0 Å². The molecule has 0 saturated heterocycles. The molecule has 36 heavy (non-hydrogen) atoms. The standard InChI is InChI=1S/C28H30N4O3S/c1-35-27-25(36-23-8-3-2-4-9-23)24(30-32(27)22-12-10-21(31-34)11-13-22)26(33)29-28-15-18-6-5-7-19(16-28)20(14-18)17-28/h2-4,8-13,18-20H,5-7,14-17H2,1H3,(H,29,33). The van der Waals surface area contributed by atoms with E-state index in [4.69, 9.17) is 9.84 Å². The molecule has 3 aliphatic rings. The van der Waals surface area contributed by atoms with Gasteiger partial charge in [-0.25, -0.2) is 0 Å². The van der Waals surface area contributed by atoms with Gasteiger partial charge in [-0.1, -0.05) is 49.2 Å². The molecule has 1 aromatic heterocycles. The maximum atomic E-state index is 13.9. The van der Waals surface area contributed by atoms with E-state index in [0.29, 0.717) is 33.8 Å². The molecule has 1 heterocycles. The van der Waals surface area contributed by atoms with Gasteiger partial charge in [0.15, 0.2) is 5.69 Å². The van der Waals surface area contributed by atoms with Gasteiger partial charge in [0.25, 0.3) is 5.91 Å². The molecule has 1 N–H and O–H groups in total. The summed E-state index contributed by atoms with van der Waals surface area (Å²) in [5.74, 6) is 2.53. The number of nitrogens with zero attached hydrogens (tertiary/aromatic N) is 3. The Morgan fingerprint density at radius 3 is 2.61 bits per heavy atom.